The molecule has 1 aliphatic carbocycles. The molecule has 0 bridgehead atoms. The molecule has 0 spiro atoms. The van der Waals surface area contributed by atoms with Crippen molar-refractivity contribution in [3.8, 4) is 6.07 Å². The Hall–Kier alpha value is -2.59. The summed E-state index contributed by atoms with van der Waals surface area (Å²) in [7, 11) is 0. The Kier molecular flexibility index (Phi) is 6.66. The summed E-state index contributed by atoms with van der Waals surface area (Å²) in [5.74, 6) is 1.03. The van der Waals surface area contributed by atoms with Gasteiger partial charge in [-0.3, -0.25) is 9.69 Å². The van der Waals surface area contributed by atoms with Gasteiger partial charge >= 0.3 is 0 Å². The van der Waals surface area contributed by atoms with Crippen LogP contribution in [-0.2, 0) is 11.3 Å². The lowest BCUT2D eigenvalue weighted by molar-refractivity contribution is -0.122. The molecule has 7 nitrogen and oxygen atoms in total. The third kappa shape index (κ3) is 5.97. The van der Waals surface area contributed by atoms with Gasteiger partial charge in [0, 0.05) is 38.8 Å². The highest BCUT2D eigenvalue weighted by atomic mass is 16.2. The summed E-state index contributed by atoms with van der Waals surface area (Å²) in [6, 6.07) is 10.2. The molecule has 1 aromatic carbocycles. The lowest BCUT2D eigenvalue weighted by Crippen LogP contribution is -2.54. The van der Waals surface area contributed by atoms with Gasteiger partial charge in [0.1, 0.15) is 0 Å². The number of benzene rings is 1. The summed E-state index contributed by atoms with van der Waals surface area (Å²) in [5, 5.41) is 15.4. The fraction of sp³-hybridized carbons (Fsp3) is 0.550. The molecule has 0 atom stereocenters. The second-order valence-corrected chi connectivity index (χ2v) is 7.09. The zero-order valence-electron chi connectivity index (χ0n) is 15.9. The number of guanidine groups is 1. The van der Waals surface area contributed by atoms with Crippen molar-refractivity contribution in [1.29, 1.82) is 5.26 Å². The van der Waals surface area contributed by atoms with Crippen LogP contribution in [0.4, 0.5) is 0 Å². The van der Waals surface area contributed by atoms with E-state index in [1.165, 1.54) is 0 Å². The average molecular weight is 368 g/mol. The van der Waals surface area contributed by atoms with Crippen molar-refractivity contribution < 1.29 is 4.79 Å². The monoisotopic (exact) mass is 368 g/mol. The van der Waals surface area contributed by atoms with E-state index in [0.717, 1.165) is 57.1 Å². The number of hydrogen-bond acceptors (Lipinski definition) is 4. The maximum Gasteiger partial charge on any atom is 0.234 e. The molecular formula is C20H28N6O. The van der Waals surface area contributed by atoms with Crippen molar-refractivity contribution >= 4 is 11.9 Å². The Labute approximate surface area is 161 Å². The lowest BCUT2D eigenvalue weighted by atomic mass is 10.1. The maximum absolute atomic E-state index is 12.0. The molecule has 1 amide bonds. The van der Waals surface area contributed by atoms with Gasteiger partial charge in [0.15, 0.2) is 5.96 Å². The lowest BCUT2D eigenvalue weighted by Gasteiger charge is -2.36. The quantitative estimate of drug-likeness (QED) is 0.576. The molecule has 27 heavy (non-hydrogen) atoms. The molecule has 2 aliphatic rings. The van der Waals surface area contributed by atoms with E-state index in [-0.39, 0.29) is 5.91 Å². The van der Waals surface area contributed by atoms with Crippen LogP contribution in [0.25, 0.3) is 0 Å². The molecule has 0 radical (unpaired) electrons. The Morgan fingerprint density at radius 3 is 2.74 bits per heavy atom. The third-order valence-corrected chi connectivity index (χ3v) is 4.78. The van der Waals surface area contributed by atoms with E-state index in [9.17, 15) is 4.79 Å². The van der Waals surface area contributed by atoms with Crippen LogP contribution in [0.5, 0.6) is 0 Å². The number of hydrogen-bond donors (Lipinski definition) is 2. The van der Waals surface area contributed by atoms with E-state index < -0.39 is 0 Å². The van der Waals surface area contributed by atoms with E-state index in [1.54, 1.807) is 6.07 Å². The third-order valence-electron chi connectivity index (χ3n) is 4.78. The van der Waals surface area contributed by atoms with E-state index in [2.05, 4.69) is 33.4 Å². The Morgan fingerprint density at radius 1 is 1.30 bits per heavy atom. The SMILES string of the molecule is CCNC(=NCc1cccc(C#N)c1)N1CCN(CC(=O)NC2CC2)CC1. The predicted octanol–water partition coefficient (Wildman–Crippen LogP) is 0.920. The smallest absolute Gasteiger partial charge is 0.234 e. The maximum atomic E-state index is 12.0. The number of aliphatic imine (C=N–C) groups is 1. The fourth-order valence-electron chi connectivity index (χ4n) is 3.15. The van der Waals surface area contributed by atoms with Gasteiger partial charge in [0.2, 0.25) is 5.91 Å². The molecule has 7 heteroatoms. The van der Waals surface area contributed by atoms with Gasteiger partial charge in [-0.2, -0.15) is 5.26 Å². The first-order valence-electron chi connectivity index (χ1n) is 9.72. The van der Waals surface area contributed by atoms with E-state index in [1.807, 2.05) is 18.2 Å². The molecule has 0 aromatic heterocycles. The van der Waals surface area contributed by atoms with Crippen LogP contribution < -0.4 is 10.6 Å². The number of nitrogens with one attached hydrogen (secondary N) is 2. The Bertz CT molecular complexity index is 713. The number of amides is 1. The first kappa shape index (κ1) is 19.2. The second kappa shape index (κ2) is 9.38. The summed E-state index contributed by atoms with van der Waals surface area (Å²) in [5.41, 5.74) is 1.69. The minimum atomic E-state index is 0.142. The minimum Gasteiger partial charge on any atom is -0.357 e. The summed E-state index contributed by atoms with van der Waals surface area (Å²) in [6.45, 7) is 7.30. The summed E-state index contributed by atoms with van der Waals surface area (Å²) >= 11 is 0. The summed E-state index contributed by atoms with van der Waals surface area (Å²) in [4.78, 5) is 21.2. The molecule has 3 rings (SSSR count). The van der Waals surface area contributed by atoms with Gasteiger partial charge in [-0.05, 0) is 37.5 Å². The largest absolute Gasteiger partial charge is 0.357 e. The standard InChI is InChI=1S/C20H28N6O/c1-2-22-20(23-14-17-5-3-4-16(12-17)13-21)26-10-8-25(9-11-26)15-19(27)24-18-6-7-18/h3-5,12,18H,2,6-11,14-15H2,1H3,(H,22,23)(H,24,27). The van der Waals surface area contributed by atoms with Crippen molar-refractivity contribution in [3.63, 3.8) is 0 Å². The van der Waals surface area contributed by atoms with Crippen molar-refractivity contribution in [1.82, 2.24) is 20.4 Å². The molecule has 2 fully saturated rings. The molecule has 1 heterocycles. The number of nitriles is 1. The average Bonchev–Trinajstić information content (AvgIpc) is 3.50. The van der Waals surface area contributed by atoms with Crippen LogP contribution in [0.15, 0.2) is 29.3 Å². The number of piperazine rings is 1. The van der Waals surface area contributed by atoms with E-state index in [4.69, 9.17) is 10.3 Å². The van der Waals surface area contributed by atoms with Crippen LogP contribution in [-0.4, -0.2) is 67.0 Å². The zero-order chi connectivity index (χ0) is 19.1. The summed E-state index contributed by atoms with van der Waals surface area (Å²) < 4.78 is 0. The Morgan fingerprint density at radius 2 is 2.07 bits per heavy atom. The minimum absolute atomic E-state index is 0.142. The van der Waals surface area contributed by atoms with Gasteiger partial charge in [-0.15, -0.1) is 0 Å². The van der Waals surface area contributed by atoms with E-state index >= 15 is 0 Å². The molecule has 1 saturated carbocycles. The van der Waals surface area contributed by atoms with Crippen LogP contribution in [0.1, 0.15) is 30.9 Å². The van der Waals surface area contributed by atoms with Crippen molar-refractivity contribution in [2.45, 2.75) is 32.4 Å². The van der Waals surface area contributed by atoms with Gasteiger partial charge in [-0.25, -0.2) is 4.99 Å². The first-order chi connectivity index (χ1) is 13.2. The van der Waals surface area contributed by atoms with Crippen LogP contribution in [0.2, 0.25) is 0 Å². The van der Waals surface area contributed by atoms with Crippen molar-refractivity contribution in [2.75, 3.05) is 39.3 Å². The Balaban J connectivity index is 1.52. The second-order valence-electron chi connectivity index (χ2n) is 7.09. The number of nitrogens with zero attached hydrogens (tertiary/aromatic N) is 4. The molecule has 144 valence electrons. The molecule has 1 saturated heterocycles. The normalized spacial score (nSPS) is 18.1. The topological polar surface area (TPSA) is 83.8 Å². The van der Waals surface area contributed by atoms with Crippen LogP contribution >= 0.6 is 0 Å². The van der Waals surface area contributed by atoms with Crippen molar-refractivity contribution in [3.05, 3.63) is 35.4 Å². The van der Waals surface area contributed by atoms with Crippen molar-refractivity contribution in [2.24, 2.45) is 4.99 Å². The predicted molar refractivity (Wildman–Crippen MR) is 105 cm³/mol. The number of rotatable bonds is 6. The number of carbonyl (C=O) groups is 1. The van der Waals surface area contributed by atoms with Crippen LogP contribution in [0, 0.1) is 11.3 Å². The molecular weight excluding hydrogens is 340 g/mol. The van der Waals surface area contributed by atoms with Gasteiger partial charge in [-0.1, -0.05) is 12.1 Å². The molecule has 2 N–H and O–H groups in total. The van der Waals surface area contributed by atoms with Crippen LogP contribution in [0.3, 0.4) is 0 Å². The molecule has 0 unspecified atom stereocenters. The van der Waals surface area contributed by atoms with Gasteiger partial charge in [0.25, 0.3) is 0 Å². The first-order valence-corrected chi connectivity index (χ1v) is 9.72. The zero-order valence-corrected chi connectivity index (χ0v) is 15.9. The number of carbonyl (C=O) groups excluding carboxylic acids is 1. The van der Waals surface area contributed by atoms with Gasteiger partial charge < -0.3 is 15.5 Å². The molecule has 1 aromatic rings. The summed E-state index contributed by atoms with van der Waals surface area (Å²) in [6.07, 6.45) is 2.25. The highest BCUT2D eigenvalue weighted by Crippen LogP contribution is 2.18. The highest BCUT2D eigenvalue weighted by molar-refractivity contribution is 5.80. The fourth-order valence-corrected chi connectivity index (χ4v) is 3.15. The van der Waals surface area contributed by atoms with Gasteiger partial charge in [0.05, 0.1) is 24.7 Å². The highest BCUT2D eigenvalue weighted by Gasteiger charge is 2.25. The van der Waals surface area contributed by atoms with E-state index in [0.29, 0.717) is 24.7 Å². The molecule has 1 aliphatic heterocycles.